The Hall–Kier alpha value is -2.60. The van der Waals surface area contributed by atoms with Crippen LogP contribution >= 0.6 is 11.8 Å². The van der Waals surface area contributed by atoms with Crippen molar-refractivity contribution in [3.63, 3.8) is 0 Å². The summed E-state index contributed by atoms with van der Waals surface area (Å²) in [6, 6.07) is 16.3. The molecule has 0 aliphatic rings. The smallest absolute Gasteiger partial charge is 0.306 e. The van der Waals surface area contributed by atoms with E-state index in [0.717, 1.165) is 4.90 Å². The topological polar surface area (TPSA) is 52.3 Å². The van der Waals surface area contributed by atoms with Crippen LogP contribution in [0.3, 0.4) is 0 Å². The van der Waals surface area contributed by atoms with Gasteiger partial charge in [-0.05, 0) is 24.3 Å². The van der Waals surface area contributed by atoms with Crippen molar-refractivity contribution in [2.24, 2.45) is 0 Å². The number of aryl methyl sites for hydroxylation is 1. The van der Waals surface area contributed by atoms with Gasteiger partial charge < -0.3 is 9.15 Å². The van der Waals surface area contributed by atoms with Gasteiger partial charge in [-0.2, -0.15) is 0 Å². The summed E-state index contributed by atoms with van der Waals surface area (Å²) in [5.41, 5.74) is 0.353. The van der Waals surface area contributed by atoms with E-state index in [1.165, 1.54) is 12.3 Å². The van der Waals surface area contributed by atoms with Crippen LogP contribution in [0.1, 0.15) is 12.3 Å². The quantitative estimate of drug-likeness (QED) is 0.325. The van der Waals surface area contributed by atoms with Crippen molar-refractivity contribution < 1.29 is 18.3 Å². The summed E-state index contributed by atoms with van der Waals surface area (Å²) in [5, 5.41) is 0. The molecule has 1 heterocycles. The molecule has 0 N–H and O–H groups in total. The second-order valence-corrected chi connectivity index (χ2v) is 6.65. The van der Waals surface area contributed by atoms with E-state index < -0.39 is 0 Å². The number of carbonyl (C=O) groups is 1. The molecule has 0 saturated heterocycles. The highest BCUT2D eigenvalue weighted by Crippen LogP contribution is 2.23. The second-order valence-electron chi connectivity index (χ2n) is 5.48. The Morgan fingerprint density at radius 2 is 1.88 bits per heavy atom. The number of rotatable bonds is 8. The number of hydrogen-bond donors (Lipinski definition) is 0. The van der Waals surface area contributed by atoms with E-state index in [4.69, 9.17) is 9.15 Å². The fraction of sp³-hybridized carbons (Fsp3) is 0.200. The van der Waals surface area contributed by atoms with Crippen molar-refractivity contribution >= 4 is 17.7 Å². The lowest BCUT2D eigenvalue weighted by Gasteiger charge is -2.04. The highest BCUT2D eigenvalue weighted by molar-refractivity contribution is 7.99. The number of hydrogen-bond acceptors (Lipinski definition) is 5. The third-order valence-corrected chi connectivity index (χ3v) is 4.57. The molecule has 2 aromatic carbocycles. The summed E-state index contributed by atoms with van der Waals surface area (Å²) >= 11 is 1.64. The molecule has 1 aromatic heterocycles. The number of nitrogens with zero attached hydrogens (tertiary/aromatic N) is 1. The number of ether oxygens (including phenoxy) is 1. The first-order valence-electron chi connectivity index (χ1n) is 8.25. The van der Waals surface area contributed by atoms with Crippen LogP contribution in [0.25, 0.3) is 11.3 Å². The van der Waals surface area contributed by atoms with E-state index in [9.17, 15) is 9.18 Å². The van der Waals surface area contributed by atoms with E-state index in [1.807, 2.05) is 30.3 Å². The van der Waals surface area contributed by atoms with Crippen LogP contribution in [-0.2, 0) is 16.0 Å². The number of benzene rings is 2. The van der Waals surface area contributed by atoms with E-state index in [1.54, 1.807) is 30.0 Å². The first-order chi connectivity index (χ1) is 12.7. The Labute approximate surface area is 155 Å². The Morgan fingerprint density at radius 3 is 2.69 bits per heavy atom. The number of oxazole rings is 1. The predicted molar refractivity (Wildman–Crippen MR) is 98.3 cm³/mol. The third-order valence-electron chi connectivity index (χ3n) is 3.59. The van der Waals surface area contributed by atoms with Gasteiger partial charge in [-0.15, -0.1) is 11.8 Å². The van der Waals surface area contributed by atoms with Crippen LogP contribution in [0.15, 0.2) is 70.1 Å². The fourth-order valence-electron chi connectivity index (χ4n) is 2.32. The maximum absolute atomic E-state index is 13.7. The maximum Gasteiger partial charge on any atom is 0.306 e. The Kier molecular flexibility index (Phi) is 6.44. The maximum atomic E-state index is 13.7. The van der Waals surface area contributed by atoms with Gasteiger partial charge in [-0.25, -0.2) is 9.37 Å². The summed E-state index contributed by atoms with van der Waals surface area (Å²) in [6.45, 7) is 0.352. The molecule has 0 unspecified atom stereocenters. The van der Waals surface area contributed by atoms with E-state index in [2.05, 4.69) is 4.98 Å². The molecule has 0 aliphatic heterocycles. The monoisotopic (exact) mass is 371 g/mol. The van der Waals surface area contributed by atoms with Crippen molar-refractivity contribution in [1.29, 1.82) is 0 Å². The number of carbonyl (C=O) groups excluding carboxylic acids is 1. The molecule has 0 saturated carbocycles. The number of thioether (sulfide) groups is 1. The first-order valence-corrected chi connectivity index (χ1v) is 9.24. The van der Waals surface area contributed by atoms with E-state index in [0.29, 0.717) is 36.0 Å². The molecule has 6 heteroatoms. The third kappa shape index (κ3) is 5.20. The molecule has 3 aromatic rings. The molecule has 0 amide bonds. The fourth-order valence-corrected chi connectivity index (χ4v) is 3.08. The summed E-state index contributed by atoms with van der Waals surface area (Å²) < 4.78 is 24.5. The molecule has 134 valence electrons. The summed E-state index contributed by atoms with van der Waals surface area (Å²) in [5.74, 6) is 0.769. The van der Waals surface area contributed by atoms with Gasteiger partial charge in [-0.3, -0.25) is 4.79 Å². The van der Waals surface area contributed by atoms with Gasteiger partial charge in [0.25, 0.3) is 0 Å². The van der Waals surface area contributed by atoms with Crippen molar-refractivity contribution in [3.05, 3.63) is 72.5 Å². The zero-order valence-corrected chi connectivity index (χ0v) is 14.9. The Balaban J connectivity index is 1.40. The Morgan fingerprint density at radius 1 is 1.12 bits per heavy atom. The normalized spacial score (nSPS) is 10.7. The highest BCUT2D eigenvalue weighted by Gasteiger charge is 2.12. The molecule has 26 heavy (non-hydrogen) atoms. The molecule has 0 radical (unpaired) electrons. The van der Waals surface area contributed by atoms with Crippen molar-refractivity contribution in [3.8, 4) is 11.3 Å². The number of esters is 1. The zero-order valence-electron chi connectivity index (χ0n) is 14.1. The average molecular weight is 371 g/mol. The number of halogens is 1. The molecular weight excluding hydrogens is 353 g/mol. The van der Waals surface area contributed by atoms with Crippen LogP contribution in [0.5, 0.6) is 0 Å². The lowest BCUT2D eigenvalue weighted by molar-refractivity contribution is -0.143. The SMILES string of the molecule is O=C(CCc1ncc(-c2ccccc2F)o1)OCCSc1ccccc1. The summed E-state index contributed by atoms with van der Waals surface area (Å²) in [7, 11) is 0. The van der Waals surface area contributed by atoms with Crippen LogP contribution in [0.4, 0.5) is 4.39 Å². The van der Waals surface area contributed by atoms with Crippen LogP contribution in [-0.4, -0.2) is 23.3 Å². The van der Waals surface area contributed by atoms with Gasteiger partial charge >= 0.3 is 5.97 Å². The molecule has 0 atom stereocenters. The molecule has 4 nitrogen and oxygen atoms in total. The van der Waals surface area contributed by atoms with Gasteiger partial charge in [0.05, 0.1) is 18.2 Å². The molecule has 0 fully saturated rings. The standard InChI is InChI=1S/C20H18FNO3S/c21-17-9-5-4-8-16(17)18-14-22-19(25-18)10-11-20(23)24-12-13-26-15-6-2-1-3-7-15/h1-9,14H,10-13H2. The molecule has 3 rings (SSSR count). The summed E-state index contributed by atoms with van der Waals surface area (Å²) in [6.07, 6.45) is 1.96. The van der Waals surface area contributed by atoms with E-state index in [-0.39, 0.29) is 18.2 Å². The van der Waals surface area contributed by atoms with Crippen LogP contribution in [0.2, 0.25) is 0 Å². The van der Waals surface area contributed by atoms with Gasteiger partial charge in [0.15, 0.2) is 11.7 Å². The van der Waals surface area contributed by atoms with Crippen molar-refractivity contribution in [2.75, 3.05) is 12.4 Å². The predicted octanol–water partition coefficient (Wildman–Crippen LogP) is 4.75. The van der Waals surface area contributed by atoms with Gasteiger partial charge in [0.1, 0.15) is 12.4 Å². The highest BCUT2D eigenvalue weighted by atomic mass is 32.2. The minimum atomic E-state index is -0.370. The van der Waals surface area contributed by atoms with Crippen LogP contribution < -0.4 is 0 Å². The lowest BCUT2D eigenvalue weighted by Crippen LogP contribution is -2.08. The van der Waals surface area contributed by atoms with Gasteiger partial charge in [-0.1, -0.05) is 30.3 Å². The Bertz CT molecular complexity index is 851. The minimum absolute atomic E-state index is 0.174. The van der Waals surface area contributed by atoms with Gasteiger partial charge in [0, 0.05) is 17.1 Å². The van der Waals surface area contributed by atoms with E-state index >= 15 is 0 Å². The molecule has 0 spiro atoms. The summed E-state index contributed by atoms with van der Waals surface area (Å²) in [4.78, 5) is 17.0. The number of aromatic nitrogens is 1. The molecule has 0 bridgehead atoms. The zero-order chi connectivity index (χ0) is 18.2. The molecule has 0 aliphatic carbocycles. The molecular formula is C20H18FNO3S. The van der Waals surface area contributed by atoms with Crippen LogP contribution in [0, 0.1) is 5.82 Å². The largest absolute Gasteiger partial charge is 0.465 e. The average Bonchev–Trinajstić information content (AvgIpc) is 3.13. The minimum Gasteiger partial charge on any atom is -0.465 e. The lowest BCUT2D eigenvalue weighted by atomic mass is 10.2. The van der Waals surface area contributed by atoms with Crippen molar-refractivity contribution in [2.45, 2.75) is 17.7 Å². The van der Waals surface area contributed by atoms with Gasteiger partial charge in [0.2, 0.25) is 0 Å². The van der Waals surface area contributed by atoms with Crippen molar-refractivity contribution in [1.82, 2.24) is 4.98 Å². The second kappa shape index (κ2) is 9.20. The first kappa shape index (κ1) is 18.2.